The van der Waals surface area contributed by atoms with Crippen molar-refractivity contribution in [3.05, 3.63) is 206 Å². The van der Waals surface area contributed by atoms with Gasteiger partial charge in [0, 0.05) is 28.0 Å². The molecule has 0 saturated carbocycles. The molecule has 0 aliphatic heterocycles. The van der Waals surface area contributed by atoms with Crippen LogP contribution < -0.4 is 4.90 Å². The van der Waals surface area contributed by atoms with Crippen molar-refractivity contribution in [2.75, 3.05) is 4.90 Å². The van der Waals surface area contributed by atoms with Crippen molar-refractivity contribution in [3.63, 3.8) is 0 Å². The zero-order chi connectivity index (χ0) is 35.8. The standard InChI is InChI=1S/C51H34N2O/c1-4-13-35(14-5-1)36-23-25-39(26-24-36)51-52-49-32-31-46-44(21-12-22-47(46)50(49)54-51)38-27-29-42(30-28-38)53(41-18-8-3-9-19-41)43-33-40-17-10-11-20-45(40)48(34-43)37-15-6-2-7-16-37/h1-34H. The van der Waals surface area contributed by atoms with Gasteiger partial charge in [-0.15, -0.1) is 0 Å². The average molecular weight is 691 g/mol. The van der Waals surface area contributed by atoms with E-state index in [1.165, 1.54) is 27.5 Å². The van der Waals surface area contributed by atoms with Crippen molar-refractivity contribution in [1.82, 2.24) is 4.98 Å². The molecular formula is C51H34N2O. The molecule has 10 rings (SSSR count). The third-order valence-electron chi connectivity index (χ3n) is 10.3. The first-order chi connectivity index (χ1) is 26.8. The second-order valence-corrected chi connectivity index (χ2v) is 13.6. The Hall–Kier alpha value is -7.23. The van der Waals surface area contributed by atoms with Crippen molar-refractivity contribution >= 4 is 49.7 Å². The molecule has 0 bridgehead atoms. The van der Waals surface area contributed by atoms with Crippen LogP contribution in [0.1, 0.15) is 0 Å². The second kappa shape index (κ2) is 13.4. The lowest BCUT2D eigenvalue weighted by atomic mass is 9.96. The van der Waals surface area contributed by atoms with E-state index in [1.807, 2.05) is 6.07 Å². The third-order valence-corrected chi connectivity index (χ3v) is 10.3. The first-order valence-corrected chi connectivity index (χ1v) is 18.3. The van der Waals surface area contributed by atoms with Gasteiger partial charge in [0.15, 0.2) is 5.58 Å². The molecule has 0 radical (unpaired) electrons. The van der Waals surface area contributed by atoms with Crippen LogP contribution in [0.3, 0.4) is 0 Å². The summed E-state index contributed by atoms with van der Waals surface area (Å²) in [5.41, 5.74) is 12.9. The highest BCUT2D eigenvalue weighted by Crippen LogP contribution is 2.42. The molecule has 10 aromatic rings. The Kier molecular flexibility index (Phi) is 7.81. The number of oxazole rings is 1. The van der Waals surface area contributed by atoms with Gasteiger partial charge in [0.25, 0.3) is 0 Å². The molecule has 0 aliphatic rings. The average Bonchev–Trinajstić information content (AvgIpc) is 3.70. The Morgan fingerprint density at radius 3 is 1.69 bits per heavy atom. The van der Waals surface area contributed by atoms with Crippen LogP contribution in [-0.2, 0) is 0 Å². The lowest BCUT2D eigenvalue weighted by Gasteiger charge is -2.27. The van der Waals surface area contributed by atoms with E-state index in [0.29, 0.717) is 5.89 Å². The summed E-state index contributed by atoms with van der Waals surface area (Å²) in [6, 6.07) is 72.9. The maximum Gasteiger partial charge on any atom is 0.227 e. The molecule has 0 fully saturated rings. The molecule has 0 atom stereocenters. The number of rotatable bonds is 7. The van der Waals surface area contributed by atoms with Crippen LogP contribution in [0.2, 0.25) is 0 Å². The number of anilines is 3. The van der Waals surface area contributed by atoms with E-state index in [4.69, 9.17) is 9.40 Å². The van der Waals surface area contributed by atoms with E-state index in [2.05, 4.69) is 205 Å². The Bertz CT molecular complexity index is 2900. The summed E-state index contributed by atoms with van der Waals surface area (Å²) in [5.74, 6) is 0.622. The van der Waals surface area contributed by atoms with Crippen LogP contribution in [0.4, 0.5) is 17.1 Å². The van der Waals surface area contributed by atoms with E-state index < -0.39 is 0 Å². The van der Waals surface area contributed by atoms with E-state index in [-0.39, 0.29) is 0 Å². The van der Waals surface area contributed by atoms with Crippen LogP contribution in [0.15, 0.2) is 211 Å². The molecule has 0 N–H and O–H groups in total. The smallest absolute Gasteiger partial charge is 0.227 e. The van der Waals surface area contributed by atoms with Gasteiger partial charge in [0.1, 0.15) is 5.52 Å². The predicted molar refractivity (Wildman–Crippen MR) is 225 cm³/mol. The third kappa shape index (κ3) is 5.69. The molecule has 9 aromatic carbocycles. The second-order valence-electron chi connectivity index (χ2n) is 13.6. The van der Waals surface area contributed by atoms with Crippen molar-refractivity contribution in [2.45, 2.75) is 0 Å². The molecule has 3 nitrogen and oxygen atoms in total. The van der Waals surface area contributed by atoms with E-state index >= 15 is 0 Å². The van der Waals surface area contributed by atoms with Crippen molar-refractivity contribution in [3.8, 4) is 44.8 Å². The van der Waals surface area contributed by atoms with E-state index in [9.17, 15) is 0 Å². The molecule has 0 spiro atoms. The first-order valence-electron chi connectivity index (χ1n) is 18.3. The molecule has 0 amide bonds. The number of para-hydroxylation sites is 1. The summed E-state index contributed by atoms with van der Waals surface area (Å²) < 4.78 is 6.51. The van der Waals surface area contributed by atoms with Crippen LogP contribution in [0, 0.1) is 0 Å². The molecule has 1 aromatic heterocycles. The van der Waals surface area contributed by atoms with Crippen molar-refractivity contribution < 1.29 is 4.42 Å². The maximum absolute atomic E-state index is 6.51. The summed E-state index contributed by atoms with van der Waals surface area (Å²) >= 11 is 0. The van der Waals surface area contributed by atoms with Gasteiger partial charge in [-0.05, 0) is 104 Å². The minimum absolute atomic E-state index is 0.622. The fraction of sp³-hybridized carbons (Fsp3) is 0. The first kappa shape index (κ1) is 31.5. The molecular weight excluding hydrogens is 657 g/mol. The van der Waals surface area contributed by atoms with Gasteiger partial charge in [-0.25, -0.2) is 4.98 Å². The van der Waals surface area contributed by atoms with Crippen LogP contribution >= 0.6 is 0 Å². The van der Waals surface area contributed by atoms with Crippen LogP contribution in [0.25, 0.3) is 77.5 Å². The Morgan fingerprint density at radius 2 is 0.926 bits per heavy atom. The highest BCUT2D eigenvalue weighted by Gasteiger charge is 2.18. The van der Waals surface area contributed by atoms with Gasteiger partial charge in [0.2, 0.25) is 5.89 Å². The van der Waals surface area contributed by atoms with Gasteiger partial charge in [-0.3, -0.25) is 0 Å². The highest BCUT2D eigenvalue weighted by atomic mass is 16.3. The van der Waals surface area contributed by atoms with Crippen LogP contribution in [-0.4, -0.2) is 4.98 Å². The van der Waals surface area contributed by atoms with Gasteiger partial charge in [-0.2, -0.15) is 0 Å². The predicted octanol–water partition coefficient (Wildman–Crippen LogP) is 14.3. The molecule has 254 valence electrons. The minimum atomic E-state index is 0.622. The van der Waals surface area contributed by atoms with E-state index in [0.717, 1.165) is 61.2 Å². The van der Waals surface area contributed by atoms with E-state index in [1.54, 1.807) is 0 Å². The van der Waals surface area contributed by atoms with Crippen LogP contribution in [0.5, 0.6) is 0 Å². The van der Waals surface area contributed by atoms with Gasteiger partial charge in [-0.1, -0.05) is 152 Å². The zero-order valence-electron chi connectivity index (χ0n) is 29.4. The summed E-state index contributed by atoms with van der Waals surface area (Å²) in [5, 5.41) is 4.61. The summed E-state index contributed by atoms with van der Waals surface area (Å²) in [6.07, 6.45) is 0. The van der Waals surface area contributed by atoms with Crippen molar-refractivity contribution in [2.24, 2.45) is 0 Å². The van der Waals surface area contributed by atoms with Gasteiger partial charge < -0.3 is 9.32 Å². The maximum atomic E-state index is 6.51. The Balaban J connectivity index is 1.03. The molecule has 1 heterocycles. The SMILES string of the molecule is c1ccc(-c2ccc(-c3nc4ccc5c(-c6ccc(N(c7ccccc7)c7cc(-c8ccccc8)c8ccccc8c7)cc6)cccc5c4o3)cc2)cc1. The number of benzene rings is 9. The Morgan fingerprint density at radius 1 is 0.352 bits per heavy atom. The topological polar surface area (TPSA) is 29.3 Å². The fourth-order valence-corrected chi connectivity index (χ4v) is 7.65. The summed E-state index contributed by atoms with van der Waals surface area (Å²) in [7, 11) is 0. The summed E-state index contributed by atoms with van der Waals surface area (Å²) in [4.78, 5) is 7.24. The largest absolute Gasteiger partial charge is 0.435 e. The van der Waals surface area contributed by atoms with Crippen molar-refractivity contribution in [1.29, 1.82) is 0 Å². The molecule has 0 aliphatic carbocycles. The molecule has 0 saturated heterocycles. The normalized spacial score (nSPS) is 11.3. The highest BCUT2D eigenvalue weighted by molar-refractivity contribution is 6.09. The number of fused-ring (bicyclic) bond motifs is 4. The Labute approximate surface area is 314 Å². The quantitative estimate of drug-likeness (QED) is 0.167. The minimum Gasteiger partial charge on any atom is -0.435 e. The molecule has 3 heteroatoms. The van der Waals surface area contributed by atoms with Gasteiger partial charge >= 0.3 is 0 Å². The lowest BCUT2D eigenvalue weighted by molar-refractivity contribution is 0.623. The summed E-state index contributed by atoms with van der Waals surface area (Å²) in [6.45, 7) is 0. The number of aromatic nitrogens is 1. The number of hydrogen-bond donors (Lipinski definition) is 0. The monoisotopic (exact) mass is 690 g/mol. The molecule has 54 heavy (non-hydrogen) atoms. The lowest BCUT2D eigenvalue weighted by Crippen LogP contribution is -2.10. The number of nitrogens with zero attached hydrogens (tertiary/aromatic N) is 2. The number of hydrogen-bond acceptors (Lipinski definition) is 3. The molecule has 0 unspecified atom stereocenters. The zero-order valence-corrected chi connectivity index (χ0v) is 29.4. The fourth-order valence-electron chi connectivity index (χ4n) is 7.65. The van der Waals surface area contributed by atoms with Gasteiger partial charge in [0.05, 0.1) is 0 Å².